The number of unbranched alkanes of at least 4 members (excludes halogenated alkanes) is 1. The Labute approximate surface area is 151 Å². The molecule has 8 heteroatoms. The number of carbonyl (C=O) groups is 3. The Hall–Kier alpha value is -1.86. The van der Waals surface area contributed by atoms with Crippen molar-refractivity contribution in [3.63, 3.8) is 0 Å². The predicted molar refractivity (Wildman–Crippen MR) is 88.9 cm³/mol. The highest BCUT2D eigenvalue weighted by Gasteiger charge is 2.70. The van der Waals surface area contributed by atoms with Crippen molar-refractivity contribution in [2.45, 2.75) is 83.5 Å². The molecule has 1 heterocycles. The van der Waals surface area contributed by atoms with E-state index in [1.165, 1.54) is 6.92 Å². The van der Waals surface area contributed by atoms with Gasteiger partial charge in [-0.1, -0.05) is 26.2 Å². The lowest BCUT2D eigenvalue weighted by Gasteiger charge is -2.34. The van der Waals surface area contributed by atoms with Crippen LogP contribution in [-0.4, -0.2) is 40.3 Å². The number of nitrogens with zero attached hydrogens (tertiary/aromatic N) is 1. The van der Waals surface area contributed by atoms with Gasteiger partial charge in [0, 0.05) is 18.2 Å². The average molecular weight is 374 g/mol. The minimum Gasteiger partial charge on any atom is -0.330 e. The highest BCUT2D eigenvalue weighted by Crippen LogP contribution is 2.47. The molecule has 2 amide bonds. The van der Waals surface area contributed by atoms with E-state index in [0.717, 1.165) is 24.7 Å². The Bertz CT molecular complexity index is 636. The van der Waals surface area contributed by atoms with Crippen LogP contribution in [0.1, 0.15) is 65.7 Å². The van der Waals surface area contributed by atoms with Gasteiger partial charge >= 0.3 is 6.18 Å². The fourth-order valence-electron chi connectivity index (χ4n) is 4.01. The first kappa shape index (κ1) is 20.5. The molecule has 1 N–H and O–H groups in total. The van der Waals surface area contributed by atoms with E-state index in [2.05, 4.69) is 0 Å². The quantitative estimate of drug-likeness (QED) is 0.776. The van der Waals surface area contributed by atoms with Gasteiger partial charge in [0.15, 0.2) is 5.78 Å². The maximum Gasteiger partial charge on any atom is 0.425 e. The molecule has 1 fully saturated rings. The number of amides is 2. The van der Waals surface area contributed by atoms with Crippen LogP contribution in [0.3, 0.4) is 0 Å². The Morgan fingerprint density at radius 3 is 2.31 bits per heavy atom. The second kappa shape index (κ2) is 7.40. The van der Waals surface area contributed by atoms with Crippen molar-refractivity contribution in [2.75, 3.05) is 0 Å². The number of halogens is 3. The molecular formula is C18H25F3N2O3. The van der Waals surface area contributed by atoms with E-state index in [9.17, 15) is 27.6 Å². The standard InChI is InChI=1S/C18H25F3N2O3/c1-4-5-10-14(25)22-17(18(19,20)21)15(12(3)24)11(2)23(16(17)26)13-8-6-7-9-13/h13H,4-10H2,1-3H3,(H,22,25). The van der Waals surface area contributed by atoms with Gasteiger partial charge in [-0.05, 0) is 33.1 Å². The summed E-state index contributed by atoms with van der Waals surface area (Å²) in [6, 6.07) is -0.367. The second-order valence-electron chi connectivity index (χ2n) is 7.03. The number of hydrogen-bond acceptors (Lipinski definition) is 3. The van der Waals surface area contributed by atoms with Gasteiger partial charge in [-0.3, -0.25) is 14.4 Å². The smallest absolute Gasteiger partial charge is 0.330 e. The third-order valence-corrected chi connectivity index (χ3v) is 5.19. The van der Waals surface area contributed by atoms with Crippen LogP contribution in [0.2, 0.25) is 0 Å². The molecule has 1 atom stereocenters. The summed E-state index contributed by atoms with van der Waals surface area (Å²) in [5.74, 6) is -2.99. The fraction of sp³-hybridized carbons (Fsp3) is 0.722. The van der Waals surface area contributed by atoms with Crippen molar-refractivity contribution < 1.29 is 27.6 Å². The van der Waals surface area contributed by atoms with Crippen LogP contribution in [0.25, 0.3) is 0 Å². The maximum absolute atomic E-state index is 14.1. The molecule has 2 rings (SSSR count). The molecule has 1 unspecified atom stereocenters. The first-order valence-corrected chi connectivity index (χ1v) is 9.01. The van der Waals surface area contributed by atoms with E-state index in [1.807, 2.05) is 5.32 Å². The van der Waals surface area contributed by atoms with E-state index in [0.29, 0.717) is 25.7 Å². The minimum atomic E-state index is -5.11. The molecule has 1 aliphatic carbocycles. The van der Waals surface area contributed by atoms with Crippen molar-refractivity contribution in [3.05, 3.63) is 11.3 Å². The molecule has 0 aromatic carbocycles. The van der Waals surface area contributed by atoms with Gasteiger partial charge in [0.05, 0.1) is 5.57 Å². The van der Waals surface area contributed by atoms with Crippen LogP contribution < -0.4 is 5.32 Å². The number of nitrogens with one attached hydrogen (secondary N) is 1. The molecule has 0 bridgehead atoms. The Morgan fingerprint density at radius 1 is 1.27 bits per heavy atom. The van der Waals surface area contributed by atoms with Crippen molar-refractivity contribution in [1.82, 2.24) is 10.2 Å². The van der Waals surface area contributed by atoms with Gasteiger partial charge in [0.2, 0.25) is 11.4 Å². The number of rotatable bonds is 6. The normalized spacial score (nSPS) is 24.5. The number of hydrogen-bond donors (Lipinski definition) is 1. The molecule has 146 valence electrons. The average Bonchev–Trinajstić information content (AvgIpc) is 3.10. The van der Waals surface area contributed by atoms with E-state index >= 15 is 0 Å². The summed E-state index contributed by atoms with van der Waals surface area (Å²) in [5, 5.41) is 1.90. The van der Waals surface area contributed by atoms with E-state index in [-0.39, 0.29) is 18.2 Å². The number of alkyl halides is 3. The maximum atomic E-state index is 14.1. The fourth-order valence-corrected chi connectivity index (χ4v) is 4.01. The topological polar surface area (TPSA) is 66.5 Å². The monoisotopic (exact) mass is 374 g/mol. The number of carbonyl (C=O) groups excluding carboxylic acids is 3. The first-order valence-electron chi connectivity index (χ1n) is 9.01. The number of Topliss-reactive ketones (excluding diaryl/α,β-unsaturated/α-hetero) is 1. The minimum absolute atomic E-state index is 0.00233. The predicted octanol–water partition coefficient (Wildman–Crippen LogP) is 3.24. The summed E-state index contributed by atoms with van der Waals surface area (Å²) in [6.45, 7) is 4.17. The zero-order valence-corrected chi connectivity index (χ0v) is 15.3. The summed E-state index contributed by atoms with van der Waals surface area (Å²) < 4.78 is 42.4. The van der Waals surface area contributed by atoms with Crippen molar-refractivity contribution in [3.8, 4) is 0 Å². The van der Waals surface area contributed by atoms with E-state index < -0.39 is 34.9 Å². The molecule has 1 saturated carbocycles. The van der Waals surface area contributed by atoms with Crippen LogP contribution in [-0.2, 0) is 14.4 Å². The second-order valence-corrected chi connectivity index (χ2v) is 7.03. The van der Waals surface area contributed by atoms with Gasteiger partial charge in [0.25, 0.3) is 5.91 Å². The van der Waals surface area contributed by atoms with Crippen LogP contribution in [0.5, 0.6) is 0 Å². The van der Waals surface area contributed by atoms with E-state index in [4.69, 9.17) is 0 Å². The lowest BCUT2D eigenvalue weighted by molar-refractivity contribution is -0.195. The molecular weight excluding hydrogens is 349 g/mol. The molecule has 0 saturated heterocycles. The molecule has 1 aliphatic heterocycles. The third-order valence-electron chi connectivity index (χ3n) is 5.19. The summed E-state index contributed by atoms with van der Waals surface area (Å²) in [5.41, 5.74) is -3.94. The van der Waals surface area contributed by atoms with Crippen molar-refractivity contribution in [2.24, 2.45) is 0 Å². The van der Waals surface area contributed by atoms with Crippen LogP contribution in [0.4, 0.5) is 13.2 Å². The lowest BCUT2D eigenvalue weighted by atomic mass is 9.86. The SMILES string of the molecule is CCCCC(=O)NC1(C(F)(F)F)C(=O)N(C2CCCC2)C(C)=C1C(C)=O. The Morgan fingerprint density at radius 2 is 1.85 bits per heavy atom. The third kappa shape index (κ3) is 3.25. The molecule has 0 aromatic heterocycles. The summed E-state index contributed by atoms with van der Waals surface area (Å²) >= 11 is 0. The number of allylic oxidation sites excluding steroid dienone is 1. The molecule has 0 aromatic rings. The Balaban J connectivity index is 2.55. The number of ketones is 1. The summed E-state index contributed by atoms with van der Waals surface area (Å²) in [4.78, 5) is 38.4. The lowest BCUT2D eigenvalue weighted by Crippen LogP contribution is -2.66. The zero-order valence-electron chi connectivity index (χ0n) is 15.3. The molecule has 2 aliphatic rings. The van der Waals surface area contributed by atoms with E-state index in [1.54, 1.807) is 6.92 Å². The van der Waals surface area contributed by atoms with Gasteiger partial charge in [-0.25, -0.2) is 0 Å². The van der Waals surface area contributed by atoms with Gasteiger partial charge < -0.3 is 10.2 Å². The van der Waals surface area contributed by atoms with Crippen molar-refractivity contribution >= 4 is 17.6 Å². The highest BCUT2D eigenvalue weighted by molar-refractivity contribution is 6.12. The van der Waals surface area contributed by atoms with Gasteiger partial charge in [0.1, 0.15) is 0 Å². The summed E-state index contributed by atoms with van der Waals surface area (Å²) in [6.07, 6.45) is -1.39. The molecule has 26 heavy (non-hydrogen) atoms. The molecule has 0 radical (unpaired) electrons. The first-order chi connectivity index (χ1) is 12.1. The highest BCUT2D eigenvalue weighted by atomic mass is 19.4. The van der Waals surface area contributed by atoms with Crippen LogP contribution >= 0.6 is 0 Å². The zero-order chi connectivity index (χ0) is 19.7. The molecule has 0 spiro atoms. The van der Waals surface area contributed by atoms with Gasteiger partial charge in [-0.2, -0.15) is 13.2 Å². The van der Waals surface area contributed by atoms with Crippen LogP contribution in [0.15, 0.2) is 11.3 Å². The van der Waals surface area contributed by atoms with Crippen LogP contribution in [0, 0.1) is 0 Å². The Kier molecular flexibility index (Phi) is 5.82. The van der Waals surface area contributed by atoms with Crippen molar-refractivity contribution in [1.29, 1.82) is 0 Å². The molecule has 5 nitrogen and oxygen atoms in total. The summed E-state index contributed by atoms with van der Waals surface area (Å²) in [7, 11) is 0. The van der Waals surface area contributed by atoms with Gasteiger partial charge in [-0.15, -0.1) is 0 Å². The largest absolute Gasteiger partial charge is 0.425 e.